The predicted molar refractivity (Wildman–Crippen MR) is 113 cm³/mol. The van der Waals surface area contributed by atoms with Crippen LogP contribution in [0.1, 0.15) is 15.7 Å². The van der Waals surface area contributed by atoms with Crippen molar-refractivity contribution in [2.24, 2.45) is 11.5 Å². The van der Waals surface area contributed by atoms with Gasteiger partial charge in [0.05, 0.1) is 0 Å². The van der Waals surface area contributed by atoms with Crippen LogP contribution in [0.25, 0.3) is 0 Å². The quantitative estimate of drug-likeness (QED) is 0.198. The maximum Gasteiger partial charge on any atom is 1.00 e. The molecule has 0 aromatic rings. The molecule has 0 saturated carbocycles. The van der Waals surface area contributed by atoms with Gasteiger partial charge in [0.1, 0.15) is 0 Å². The monoisotopic (exact) mass is 459 g/mol. The Morgan fingerprint density at radius 2 is 1.12 bits per heavy atom. The summed E-state index contributed by atoms with van der Waals surface area (Å²) in [4.78, 5) is 54.1. The summed E-state index contributed by atoms with van der Waals surface area (Å²) in [5, 5.41) is 0. The van der Waals surface area contributed by atoms with Crippen molar-refractivity contribution in [2.45, 2.75) is 64.2 Å². The normalized spacial score (nSPS) is 12.2. The van der Waals surface area contributed by atoms with Crippen molar-refractivity contribution in [1.82, 2.24) is 0 Å². The standard InChI is InChI=1S/C6H19NO3Si2.C3H11NO3Si.C3H9OSi.H2O/c1-11(2,3)10-12(8,9)6-4-5-7;4-2-1-3-8(5,6)7;1-5(2,3)4;/h8-9H,4-7H2,1-3H3;5-7H,1-4H2;1-3H3;1H2/q;;-1;/p+2/i/hT2. The molecule has 0 aliphatic rings. The fourth-order valence-corrected chi connectivity index (χ4v) is 6.89. The Labute approximate surface area is 164 Å². The minimum absolute atomic E-state index is 0. The molecule has 0 rings (SSSR count). The first kappa shape index (κ1) is 34.0. The van der Waals surface area contributed by atoms with Crippen LogP contribution in [-0.2, 0) is 4.12 Å². The SMILES string of the molecule is C[Si](C)(C)O[Si](O)(O)CCCN.C[Si](C)(C)[O-].NCCC[Si](O)(O)O.O.[3H+].[3H+]. The Morgan fingerprint density at radius 1 is 0.808 bits per heavy atom. The molecule has 11 N–H and O–H groups in total. The van der Waals surface area contributed by atoms with E-state index < -0.39 is 34.2 Å². The Kier molecular flexibility index (Phi) is 20.1. The maximum atomic E-state index is 10.2. The topological polar surface area (TPSA) is 217 Å². The Hall–Kier alpha value is 0.468. The van der Waals surface area contributed by atoms with Crippen LogP contribution in [0.15, 0.2) is 0 Å². The molecule has 0 aromatic heterocycles. The number of rotatable bonds is 8. The van der Waals surface area contributed by atoms with Crippen molar-refractivity contribution in [3.8, 4) is 0 Å². The Bertz CT molecular complexity index is 324. The van der Waals surface area contributed by atoms with E-state index in [0.29, 0.717) is 32.0 Å². The molecule has 164 valence electrons. The average Bonchev–Trinajstić information content (AvgIpc) is 2.29. The van der Waals surface area contributed by atoms with E-state index in [4.69, 9.17) is 30.0 Å². The third-order valence-corrected chi connectivity index (χ3v) is 7.68. The molecule has 0 spiro atoms. The van der Waals surface area contributed by atoms with Gasteiger partial charge in [0.2, 0.25) is 0 Å². The lowest BCUT2D eigenvalue weighted by Gasteiger charge is -2.26. The molecule has 0 aliphatic carbocycles. The van der Waals surface area contributed by atoms with Crippen LogP contribution in [0.4, 0.5) is 0 Å². The highest BCUT2D eigenvalue weighted by Crippen LogP contribution is 2.14. The zero-order valence-corrected chi connectivity index (χ0v) is 20.9. The molecule has 0 atom stereocenters. The molecule has 0 radical (unpaired) electrons. The van der Waals surface area contributed by atoms with Gasteiger partial charge in [0.15, 0.2) is 8.32 Å². The van der Waals surface area contributed by atoms with Crippen LogP contribution < -0.4 is 16.3 Å². The van der Waals surface area contributed by atoms with Crippen molar-refractivity contribution in [3.63, 3.8) is 0 Å². The lowest BCUT2D eigenvalue weighted by atomic mass is 10.5. The third kappa shape index (κ3) is 49.7. The molecule has 14 heteroatoms. The lowest BCUT2D eigenvalue weighted by molar-refractivity contribution is -0.203. The van der Waals surface area contributed by atoms with E-state index in [-0.39, 0.29) is 14.4 Å². The van der Waals surface area contributed by atoms with Gasteiger partial charge in [0.25, 0.3) is 0 Å². The third-order valence-electron chi connectivity index (χ3n) is 1.89. The first-order chi connectivity index (χ1) is 10.8. The van der Waals surface area contributed by atoms with Crippen LogP contribution in [0.2, 0.25) is 51.4 Å². The molecular formula is C12H43N2O8Si4+. The summed E-state index contributed by atoms with van der Waals surface area (Å²) >= 11 is 0. The summed E-state index contributed by atoms with van der Waals surface area (Å²) in [6, 6.07) is 0.358. The zero-order chi connectivity index (χ0) is 20.9. The number of hydrogen-bond acceptors (Lipinski definition) is 9. The van der Waals surface area contributed by atoms with Gasteiger partial charge in [-0.05, 0) is 45.6 Å². The van der Waals surface area contributed by atoms with Gasteiger partial charge in [-0.25, -0.2) is 0 Å². The molecule has 0 aliphatic heterocycles. The summed E-state index contributed by atoms with van der Waals surface area (Å²) in [6.07, 6.45) is 1.08. The first-order valence-electron chi connectivity index (χ1n) is 8.25. The van der Waals surface area contributed by atoms with Crippen LogP contribution in [-0.4, -0.2) is 76.8 Å². The first-order valence-corrected chi connectivity index (χ1v) is 19.1. The van der Waals surface area contributed by atoms with Gasteiger partial charge in [-0.1, -0.05) is 28.0 Å². The van der Waals surface area contributed by atoms with Crippen LogP contribution in [0, 0.1) is 0 Å². The molecule has 26 heavy (non-hydrogen) atoms. The predicted octanol–water partition coefficient (Wildman–Crippen LogP) is -2.06. The van der Waals surface area contributed by atoms with Gasteiger partial charge in [-0.3, -0.25) is 0 Å². The molecule has 0 unspecified atom stereocenters. The molecule has 0 saturated heterocycles. The molecular weight excluding hydrogens is 412 g/mol. The number of hydrogen-bond donors (Lipinski definition) is 7. The van der Waals surface area contributed by atoms with Crippen molar-refractivity contribution < 1.29 is 41.2 Å². The highest BCUT2D eigenvalue weighted by Gasteiger charge is 2.36. The second-order valence-electron chi connectivity index (χ2n) is 7.63. The summed E-state index contributed by atoms with van der Waals surface area (Å²) < 4.78 is 5.26. The van der Waals surface area contributed by atoms with Crippen molar-refractivity contribution >= 4 is 34.2 Å². The molecule has 0 aromatic carbocycles. The molecule has 0 amide bonds. The summed E-state index contributed by atoms with van der Waals surface area (Å²) in [5.74, 6) is 0. The minimum Gasteiger partial charge on any atom is -0.859 e. The van der Waals surface area contributed by atoms with E-state index in [9.17, 15) is 14.4 Å². The Balaban J connectivity index is -0.0000000666. The van der Waals surface area contributed by atoms with Gasteiger partial charge in [-0.2, -0.15) is 0 Å². The van der Waals surface area contributed by atoms with E-state index in [1.54, 1.807) is 19.6 Å². The largest absolute Gasteiger partial charge is 1.00 e. The van der Waals surface area contributed by atoms with E-state index in [2.05, 4.69) is 0 Å². The average molecular weight is 460 g/mol. The molecule has 10 nitrogen and oxygen atoms in total. The van der Waals surface area contributed by atoms with E-state index >= 15 is 0 Å². The number of nitrogens with two attached hydrogens (primary N) is 2. The van der Waals surface area contributed by atoms with Crippen molar-refractivity contribution in [3.05, 3.63) is 0 Å². The van der Waals surface area contributed by atoms with Crippen molar-refractivity contribution in [2.75, 3.05) is 13.1 Å². The van der Waals surface area contributed by atoms with Crippen LogP contribution >= 0.6 is 0 Å². The second kappa shape index (κ2) is 15.4. The molecule has 0 bridgehead atoms. The van der Waals surface area contributed by atoms with Crippen LogP contribution in [0.5, 0.6) is 0 Å². The Morgan fingerprint density at radius 3 is 1.31 bits per heavy atom. The van der Waals surface area contributed by atoms with Gasteiger partial charge >= 0.3 is 20.5 Å². The zero-order valence-electron chi connectivity index (χ0n) is 18.9. The smallest absolute Gasteiger partial charge is 0.859 e. The fraction of sp³-hybridized carbons (Fsp3) is 1.00. The summed E-state index contributed by atoms with van der Waals surface area (Å²) in [6.45, 7) is 12.0. The molecule has 0 heterocycles. The van der Waals surface area contributed by atoms with Crippen molar-refractivity contribution in [1.29, 1.82) is 0 Å². The fourth-order valence-electron chi connectivity index (χ4n) is 1.21. The maximum absolute atomic E-state index is 10.2. The highest BCUT2D eigenvalue weighted by atomic mass is 28.5. The van der Waals surface area contributed by atoms with E-state index in [1.807, 2.05) is 19.6 Å². The van der Waals surface area contributed by atoms with E-state index in [0.717, 1.165) is 0 Å². The van der Waals surface area contributed by atoms with Crippen LogP contribution in [0.3, 0.4) is 0 Å². The highest BCUT2D eigenvalue weighted by molar-refractivity contribution is 6.79. The minimum atomic E-state index is -3.76. The second-order valence-corrected chi connectivity index (χ2v) is 20.9. The van der Waals surface area contributed by atoms with Gasteiger partial charge in [-0.15, -0.1) is 0 Å². The van der Waals surface area contributed by atoms with E-state index in [1.165, 1.54) is 0 Å². The summed E-state index contributed by atoms with van der Waals surface area (Å²) in [5.41, 5.74) is 10.3. The van der Waals surface area contributed by atoms with Gasteiger partial charge < -0.3 is 49.8 Å². The van der Waals surface area contributed by atoms with Gasteiger partial charge in [0, 0.05) is 12.1 Å². The lowest BCUT2D eigenvalue weighted by Crippen LogP contribution is -2.47. The summed E-state index contributed by atoms with van der Waals surface area (Å²) in [7, 11) is -10.8. The molecule has 0 fully saturated rings.